The van der Waals surface area contributed by atoms with Gasteiger partial charge in [-0.2, -0.15) is 28.4 Å². The van der Waals surface area contributed by atoms with Crippen LogP contribution in [0.5, 0.6) is 11.9 Å². The van der Waals surface area contributed by atoms with Gasteiger partial charge in [-0.05, 0) is 63.9 Å². The van der Waals surface area contributed by atoms with E-state index in [1.54, 1.807) is 0 Å². The number of halogens is 6. The Labute approximate surface area is 269 Å². The molecule has 0 aliphatic carbocycles. The predicted molar refractivity (Wildman–Crippen MR) is 164 cm³/mol. The summed E-state index contributed by atoms with van der Waals surface area (Å²) in [5, 5.41) is 12.3. The Balaban J connectivity index is 1.45. The second-order valence-corrected chi connectivity index (χ2v) is 14.0. The topological polar surface area (TPSA) is 109 Å². The number of ether oxygens (including phenoxy) is 2. The third-order valence-electron chi connectivity index (χ3n) is 9.66. The first-order valence-corrected chi connectivity index (χ1v) is 16.0. The fraction of sp³-hybridized carbons (Fsp3) is 0.469. The maximum absolute atomic E-state index is 16.9. The number of nitrogens with one attached hydrogen (secondary N) is 1. The van der Waals surface area contributed by atoms with E-state index >= 15 is 4.39 Å². The summed E-state index contributed by atoms with van der Waals surface area (Å²) < 4.78 is 103. The van der Waals surface area contributed by atoms with Gasteiger partial charge in [0.05, 0.1) is 26.8 Å². The Bertz CT molecular complexity index is 1960. The summed E-state index contributed by atoms with van der Waals surface area (Å²) in [6.07, 6.45) is -4.42. The van der Waals surface area contributed by atoms with Crippen molar-refractivity contribution in [3.05, 3.63) is 41.0 Å². The average molecular weight is 677 g/mol. The molecule has 0 amide bonds. The molecule has 0 bridgehead atoms. The molecule has 4 aromatic rings. The Morgan fingerprint density at radius 2 is 2.02 bits per heavy atom. The number of alkyl halides is 4. The van der Waals surface area contributed by atoms with Gasteiger partial charge in [0, 0.05) is 29.5 Å². The molecule has 3 aliphatic rings. The van der Waals surface area contributed by atoms with Crippen LogP contribution in [0.2, 0.25) is 0 Å². The zero-order valence-corrected chi connectivity index (χ0v) is 26.2. The van der Waals surface area contributed by atoms with Crippen molar-refractivity contribution in [1.29, 1.82) is 5.26 Å². The maximum Gasteiger partial charge on any atom is 0.417 e. The van der Waals surface area contributed by atoms with Crippen molar-refractivity contribution >= 4 is 37.3 Å². The minimum absolute atomic E-state index is 0.0117. The number of anilines is 1. The number of nitrogens with zero attached hydrogens (tertiary/aromatic N) is 4. The molecule has 0 saturated carbocycles. The van der Waals surface area contributed by atoms with Crippen LogP contribution >= 0.6 is 11.3 Å². The van der Waals surface area contributed by atoms with Gasteiger partial charge in [0.2, 0.25) is 5.88 Å². The molecule has 5 heterocycles. The van der Waals surface area contributed by atoms with Crippen molar-refractivity contribution in [1.82, 2.24) is 20.2 Å². The summed E-state index contributed by atoms with van der Waals surface area (Å²) in [5.74, 6) is -2.51. The zero-order chi connectivity index (χ0) is 33.5. The third kappa shape index (κ3) is 5.21. The van der Waals surface area contributed by atoms with Crippen LogP contribution in [-0.4, -0.2) is 64.5 Å². The summed E-state index contributed by atoms with van der Waals surface area (Å²) in [6.45, 7) is 5.26. The van der Waals surface area contributed by atoms with Gasteiger partial charge >= 0.3 is 12.2 Å². The Morgan fingerprint density at radius 3 is 2.72 bits per heavy atom. The first kappa shape index (κ1) is 31.7. The summed E-state index contributed by atoms with van der Waals surface area (Å²) in [5.41, 5.74) is 1.26. The highest BCUT2D eigenvalue weighted by atomic mass is 32.1. The highest BCUT2D eigenvalue weighted by Gasteiger charge is 2.49. The van der Waals surface area contributed by atoms with Crippen molar-refractivity contribution < 1.29 is 35.8 Å². The van der Waals surface area contributed by atoms with Crippen LogP contribution < -0.4 is 20.5 Å². The van der Waals surface area contributed by atoms with Crippen molar-refractivity contribution in [3.63, 3.8) is 0 Å². The summed E-state index contributed by atoms with van der Waals surface area (Å²) in [6, 6.07) is 4.08. The van der Waals surface area contributed by atoms with Crippen LogP contribution in [0.4, 0.5) is 31.3 Å². The van der Waals surface area contributed by atoms with Gasteiger partial charge in [-0.25, -0.2) is 13.2 Å². The van der Waals surface area contributed by atoms with E-state index < -0.39 is 57.8 Å². The van der Waals surface area contributed by atoms with Crippen molar-refractivity contribution in [2.24, 2.45) is 0 Å². The van der Waals surface area contributed by atoms with Crippen LogP contribution in [0.25, 0.3) is 32.1 Å². The number of nitrogens with two attached hydrogens (primary N) is 1. The van der Waals surface area contributed by atoms with Crippen LogP contribution in [-0.2, 0) is 6.18 Å². The van der Waals surface area contributed by atoms with Crippen molar-refractivity contribution in [2.45, 2.75) is 69.1 Å². The van der Waals surface area contributed by atoms with Crippen LogP contribution in [0.15, 0.2) is 18.2 Å². The molecule has 3 aliphatic heterocycles. The van der Waals surface area contributed by atoms with Gasteiger partial charge in [0.25, 0.3) is 0 Å². The van der Waals surface area contributed by atoms with Crippen LogP contribution in [0, 0.1) is 23.0 Å². The van der Waals surface area contributed by atoms with Crippen molar-refractivity contribution in [3.8, 4) is 29.1 Å². The smallest absolute Gasteiger partial charge is 0.417 e. The number of hydrogen-bond acceptors (Lipinski definition) is 9. The Hall–Kier alpha value is -3.87. The first-order valence-electron chi connectivity index (χ1n) is 15.2. The molecule has 2 aromatic heterocycles. The number of nitriles is 1. The number of fused-ring (bicyclic) bond motifs is 3. The standard InChI is InChI=1S/C32H30F6N6O2S/c1-30(2)21(6-8-41-30)46-28-17-10-19(32(36,37)38)23(16-4-5-20(34)26-22(16)18(12-39)27(40)47-26)24(35)25(17)42-29(43-28)45-14-31-7-3-9-44(31)13-15(33)11-31/h4-5,10,15,21,41H,3,6-9,11,13-14,40H2,1-2H3/t15-,21?,31?/m1/s1. The minimum atomic E-state index is -5.10. The minimum Gasteiger partial charge on any atom is -0.472 e. The molecule has 248 valence electrons. The van der Waals surface area contributed by atoms with Crippen LogP contribution in [0.1, 0.15) is 50.7 Å². The molecule has 2 unspecified atom stereocenters. The molecule has 7 rings (SSSR count). The van der Waals surface area contributed by atoms with E-state index in [-0.39, 0.29) is 63.1 Å². The lowest BCUT2D eigenvalue weighted by molar-refractivity contribution is -0.137. The van der Waals surface area contributed by atoms with Crippen molar-refractivity contribution in [2.75, 3.05) is 32.0 Å². The Morgan fingerprint density at radius 1 is 1.23 bits per heavy atom. The number of aromatic nitrogens is 2. The zero-order valence-electron chi connectivity index (χ0n) is 25.4. The van der Waals surface area contributed by atoms with E-state index in [2.05, 4.69) is 15.3 Å². The summed E-state index contributed by atoms with van der Waals surface area (Å²) in [4.78, 5) is 10.6. The lowest BCUT2D eigenvalue weighted by Crippen LogP contribution is -2.44. The van der Waals surface area contributed by atoms with E-state index in [4.69, 9.17) is 15.2 Å². The van der Waals surface area contributed by atoms with E-state index in [0.29, 0.717) is 43.3 Å². The molecule has 47 heavy (non-hydrogen) atoms. The number of benzene rings is 2. The number of thiophene rings is 1. The Kier molecular flexibility index (Phi) is 7.49. The van der Waals surface area contributed by atoms with E-state index in [9.17, 15) is 27.2 Å². The molecule has 3 saturated heterocycles. The highest BCUT2D eigenvalue weighted by molar-refractivity contribution is 7.23. The van der Waals surface area contributed by atoms with Gasteiger partial charge in [0.15, 0.2) is 5.82 Å². The molecule has 8 nitrogen and oxygen atoms in total. The number of rotatable bonds is 6. The third-order valence-corrected chi connectivity index (χ3v) is 10.7. The fourth-order valence-electron chi connectivity index (χ4n) is 7.32. The van der Waals surface area contributed by atoms with E-state index in [1.807, 2.05) is 24.8 Å². The van der Waals surface area contributed by atoms with E-state index in [0.717, 1.165) is 18.6 Å². The quantitative estimate of drug-likeness (QED) is 0.216. The number of hydrogen-bond donors (Lipinski definition) is 2. The molecule has 3 N–H and O–H groups in total. The van der Waals surface area contributed by atoms with Gasteiger partial charge in [-0.15, -0.1) is 11.3 Å². The van der Waals surface area contributed by atoms with Crippen LogP contribution in [0.3, 0.4) is 0 Å². The highest BCUT2D eigenvalue weighted by Crippen LogP contribution is 2.48. The monoisotopic (exact) mass is 676 g/mol. The second-order valence-electron chi connectivity index (χ2n) is 13.0. The lowest BCUT2D eigenvalue weighted by atomic mass is 9.92. The molecular weight excluding hydrogens is 646 g/mol. The predicted octanol–water partition coefficient (Wildman–Crippen LogP) is 6.74. The SMILES string of the molecule is CC1(C)NCCC1Oc1nc(OCC23CCCN2C[C@H](F)C3)nc2c(F)c(-c3ccc(F)c4sc(N)c(C#N)c34)c(C(F)(F)F)cc12. The fourth-order valence-corrected chi connectivity index (χ4v) is 8.27. The molecule has 0 spiro atoms. The van der Waals surface area contributed by atoms with Gasteiger partial charge in [-0.3, -0.25) is 4.90 Å². The van der Waals surface area contributed by atoms with Gasteiger partial charge in [-0.1, -0.05) is 6.07 Å². The molecule has 15 heteroatoms. The average Bonchev–Trinajstić information content (AvgIpc) is 3.73. The van der Waals surface area contributed by atoms with E-state index in [1.165, 1.54) is 0 Å². The normalized spacial score (nSPS) is 24.2. The largest absolute Gasteiger partial charge is 0.472 e. The van der Waals surface area contributed by atoms with Gasteiger partial charge in [0.1, 0.15) is 41.3 Å². The molecule has 3 atom stereocenters. The summed E-state index contributed by atoms with van der Waals surface area (Å²) in [7, 11) is 0. The molecule has 3 fully saturated rings. The summed E-state index contributed by atoms with van der Waals surface area (Å²) >= 11 is 0.684. The lowest BCUT2D eigenvalue weighted by Gasteiger charge is -2.31. The molecule has 2 aromatic carbocycles. The maximum atomic E-state index is 16.9. The molecule has 0 radical (unpaired) electrons. The first-order chi connectivity index (χ1) is 22.2. The van der Waals surface area contributed by atoms with Gasteiger partial charge < -0.3 is 20.5 Å². The second kappa shape index (κ2) is 11.1. The molecular formula is C32H30F6N6O2S. The number of nitrogen functional groups attached to an aromatic ring is 1.